The number of fused-ring (bicyclic) bond motifs is 2. The zero-order chi connectivity index (χ0) is 16.4. The van der Waals surface area contributed by atoms with Gasteiger partial charge in [-0.15, -0.1) is 11.3 Å². The smallest absolute Gasteiger partial charge is 0.0995 e. The Morgan fingerprint density at radius 2 is 2.33 bits per heavy atom. The van der Waals surface area contributed by atoms with Gasteiger partial charge in [-0.25, -0.2) is 0 Å². The Morgan fingerprint density at radius 3 is 3.12 bits per heavy atom. The molecule has 128 valence electrons. The lowest BCUT2D eigenvalue weighted by Crippen LogP contribution is -2.42. The fourth-order valence-electron chi connectivity index (χ4n) is 3.81. The third kappa shape index (κ3) is 3.40. The number of nitrogens with zero attached hydrogens (tertiary/aromatic N) is 2. The van der Waals surface area contributed by atoms with Crippen molar-refractivity contribution in [2.75, 3.05) is 13.2 Å². The minimum absolute atomic E-state index is 0.160. The van der Waals surface area contributed by atoms with Crippen molar-refractivity contribution in [1.82, 2.24) is 9.88 Å². The average Bonchev–Trinajstić information content (AvgIpc) is 3.13. The summed E-state index contributed by atoms with van der Waals surface area (Å²) in [5.41, 5.74) is 2.52. The van der Waals surface area contributed by atoms with E-state index in [1.165, 1.54) is 10.4 Å². The standard InChI is InChI=1S/C19H24N2O2S/c1-14-6-10-24-18(14)12-21-8-9-22-17-5-4-16(21)19(17)23-13-15-3-2-7-20-11-15/h2-3,6-7,10-11,16-17,19H,4-5,8-9,12-13H2,1H3/t16-,17-,19+/m0/s1. The summed E-state index contributed by atoms with van der Waals surface area (Å²) >= 11 is 1.86. The average molecular weight is 344 g/mol. The Morgan fingerprint density at radius 1 is 1.38 bits per heavy atom. The predicted molar refractivity (Wildman–Crippen MR) is 95.0 cm³/mol. The first kappa shape index (κ1) is 16.2. The van der Waals surface area contributed by atoms with E-state index in [0.717, 1.165) is 38.1 Å². The number of thiophene rings is 1. The molecule has 2 aromatic rings. The van der Waals surface area contributed by atoms with Crippen LogP contribution in [0.25, 0.3) is 0 Å². The van der Waals surface area contributed by atoms with Crippen molar-refractivity contribution in [2.24, 2.45) is 0 Å². The highest BCUT2D eigenvalue weighted by molar-refractivity contribution is 7.10. The SMILES string of the molecule is Cc1ccsc1CN1CCO[C@H]2CC[C@H]1[C@H]2OCc1cccnc1. The van der Waals surface area contributed by atoms with E-state index in [2.05, 4.69) is 34.3 Å². The Kier molecular flexibility index (Phi) is 4.94. The molecule has 2 aromatic heterocycles. The molecular formula is C19H24N2O2S. The van der Waals surface area contributed by atoms with Crippen LogP contribution in [0, 0.1) is 6.92 Å². The van der Waals surface area contributed by atoms with Gasteiger partial charge in [0.15, 0.2) is 0 Å². The summed E-state index contributed by atoms with van der Waals surface area (Å²) in [5, 5.41) is 2.19. The molecular weight excluding hydrogens is 320 g/mol. The summed E-state index contributed by atoms with van der Waals surface area (Å²) in [7, 11) is 0. The van der Waals surface area contributed by atoms with Crippen molar-refractivity contribution < 1.29 is 9.47 Å². The number of aromatic nitrogens is 1. The highest BCUT2D eigenvalue weighted by Gasteiger charge is 2.43. The number of rotatable bonds is 5. The summed E-state index contributed by atoms with van der Waals surface area (Å²) in [6, 6.07) is 6.69. The van der Waals surface area contributed by atoms with Crippen LogP contribution in [0.15, 0.2) is 36.0 Å². The van der Waals surface area contributed by atoms with Gasteiger partial charge in [0.1, 0.15) is 0 Å². The maximum Gasteiger partial charge on any atom is 0.0995 e. The lowest BCUT2D eigenvalue weighted by Gasteiger charge is -2.31. The summed E-state index contributed by atoms with van der Waals surface area (Å²) < 4.78 is 12.4. The van der Waals surface area contributed by atoms with Gasteiger partial charge in [-0.1, -0.05) is 6.07 Å². The van der Waals surface area contributed by atoms with Crippen LogP contribution in [-0.4, -0.2) is 41.3 Å². The number of pyridine rings is 1. The second-order valence-electron chi connectivity index (χ2n) is 6.69. The molecule has 3 atom stereocenters. The van der Waals surface area contributed by atoms with Gasteiger partial charge in [-0.05, 0) is 48.4 Å². The maximum absolute atomic E-state index is 6.31. The van der Waals surface area contributed by atoms with Crippen molar-refractivity contribution >= 4 is 11.3 Å². The Hall–Kier alpha value is -1.27. The summed E-state index contributed by atoms with van der Waals surface area (Å²) in [6.07, 6.45) is 6.34. The van der Waals surface area contributed by atoms with Crippen LogP contribution in [0.3, 0.4) is 0 Å². The first-order chi connectivity index (χ1) is 11.8. The second-order valence-corrected chi connectivity index (χ2v) is 7.69. The molecule has 24 heavy (non-hydrogen) atoms. The van der Waals surface area contributed by atoms with Crippen LogP contribution in [0.4, 0.5) is 0 Å². The first-order valence-corrected chi connectivity index (χ1v) is 9.58. The maximum atomic E-state index is 6.31. The molecule has 3 heterocycles. The van der Waals surface area contributed by atoms with E-state index >= 15 is 0 Å². The van der Waals surface area contributed by atoms with E-state index in [4.69, 9.17) is 9.47 Å². The lowest BCUT2D eigenvalue weighted by molar-refractivity contribution is -0.0614. The van der Waals surface area contributed by atoms with Crippen molar-refractivity contribution in [3.8, 4) is 0 Å². The molecule has 0 spiro atoms. The first-order valence-electron chi connectivity index (χ1n) is 8.70. The third-order valence-corrected chi connectivity index (χ3v) is 6.16. The van der Waals surface area contributed by atoms with Crippen molar-refractivity contribution in [3.05, 3.63) is 52.0 Å². The zero-order valence-corrected chi connectivity index (χ0v) is 14.9. The predicted octanol–water partition coefficient (Wildman–Crippen LogP) is 3.40. The molecule has 1 aliphatic carbocycles. The Bertz CT molecular complexity index is 660. The molecule has 2 fully saturated rings. The number of aryl methyl sites for hydroxylation is 1. The minimum atomic E-state index is 0.160. The van der Waals surface area contributed by atoms with Crippen LogP contribution in [0.5, 0.6) is 0 Å². The molecule has 1 saturated carbocycles. The molecule has 1 saturated heterocycles. The van der Waals surface area contributed by atoms with E-state index < -0.39 is 0 Å². The van der Waals surface area contributed by atoms with Crippen LogP contribution >= 0.6 is 11.3 Å². The molecule has 4 nitrogen and oxygen atoms in total. The van der Waals surface area contributed by atoms with Gasteiger partial charge in [-0.3, -0.25) is 9.88 Å². The topological polar surface area (TPSA) is 34.6 Å². The van der Waals surface area contributed by atoms with Crippen molar-refractivity contribution in [1.29, 1.82) is 0 Å². The number of hydrogen-bond acceptors (Lipinski definition) is 5. The highest BCUT2D eigenvalue weighted by atomic mass is 32.1. The highest BCUT2D eigenvalue weighted by Crippen LogP contribution is 2.34. The molecule has 5 heteroatoms. The molecule has 0 amide bonds. The molecule has 0 N–H and O–H groups in total. The quantitative estimate of drug-likeness (QED) is 0.833. The van der Waals surface area contributed by atoms with Crippen LogP contribution in [0.2, 0.25) is 0 Å². The summed E-state index contributed by atoms with van der Waals surface area (Å²) in [4.78, 5) is 8.21. The molecule has 0 radical (unpaired) electrons. The lowest BCUT2D eigenvalue weighted by atomic mass is 10.1. The molecule has 4 rings (SSSR count). The third-order valence-electron chi connectivity index (χ3n) is 5.15. The fraction of sp³-hybridized carbons (Fsp3) is 0.526. The van der Waals surface area contributed by atoms with Gasteiger partial charge >= 0.3 is 0 Å². The zero-order valence-electron chi connectivity index (χ0n) is 14.1. The van der Waals surface area contributed by atoms with Crippen LogP contribution in [-0.2, 0) is 22.6 Å². The molecule has 1 aliphatic heterocycles. The fourth-order valence-corrected chi connectivity index (χ4v) is 4.74. The molecule has 0 aromatic carbocycles. The largest absolute Gasteiger partial charge is 0.374 e. The molecule has 0 unspecified atom stereocenters. The van der Waals surface area contributed by atoms with Crippen LogP contribution < -0.4 is 0 Å². The van der Waals surface area contributed by atoms with E-state index in [1.807, 2.05) is 23.6 Å². The van der Waals surface area contributed by atoms with Gasteiger partial charge in [0.2, 0.25) is 0 Å². The van der Waals surface area contributed by atoms with Gasteiger partial charge in [-0.2, -0.15) is 0 Å². The minimum Gasteiger partial charge on any atom is -0.374 e. The van der Waals surface area contributed by atoms with E-state index in [0.29, 0.717) is 12.6 Å². The number of ether oxygens (including phenoxy) is 2. The summed E-state index contributed by atoms with van der Waals surface area (Å²) in [6.45, 7) is 5.62. The monoisotopic (exact) mass is 344 g/mol. The van der Waals surface area contributed by atoms with Crippen molar-refractivity contribution in [2.45, 2.75) is 51.2 Å². The van der Waals surface area contributed by atoms with Crippen LogP contribution in [0.1, 0.15) is 28.8 Å². The van der Waals surface area contributed by atoms with E-state index in [-0.39, 0.29) is 12.2 Å². The molecule has 2 aliphatic rings. The van der Waals surface area contributed by atoms with E-state index in [9.17, 15) is 0 Å². The van der Waals surface area contributed by atoms with E-state index in [1.54, 1.807) is 6.20 Å². The van der Waals surface area contributed by atoms with Crippen molar-refractivity contribution in [3.63, 3.8) is 0 Å². The normalized spacial score (nSPS) is 27.3. The van der Waals surface area contributed by atoms with Gasteiger partial charge in [0.25, 0.3) is 0 Å². The van der Waals surface area contributed by atoms with Gasteiger partial charge in [0.05, 0.1) is 25.4 Å². The Balaban J connectivity index is 1.46. The second kappa shape index (κ2) is 7.31. The van der Waals surface area contributed by atoms with Gasteiger partial charge in [0, 0.05) is 36.4 Å². The Labute approximate surface area is 147 Å². The summed E-state index contributed by atoms with van der Waals surface area (Å²) in [5.74, 6) is 0. The number of hydrogen-bond donors (Lipinski definition) is 0. The molecule has 2 bridgehead atoms. The van der Waals surface area contributed by atoms with Gasteiger partial charge < -0.3 is 9.47 Å².